The third-order valence-electron chi connectivity index (χ3n) is 4.35. The molecular weight excluding hydrogens is 315 g/mol. The van der Waals surface area contributed by atoms with E-state index >= 15 is 0 Å². The molecule has 1 aromatic rings. The minimum absolute atomic E-state index is 0.00852. The van der Waals surface area contributed by atoms with Gasteiger partial charge in [0.15, 0.2) is 0 Å². The summed E-state index contributed by atoms with van der Waals surface area (Å²) in [7, 11) is -0.592. The van der Waals surface area contributed by atoms with Gasteiger partial charge >= 0.3 is 13.1 Å². The van der Waals surface area contributed by atoms with Crippen molar-refractivity contribution >= 4 is 31.8 Å². The topological polar surface area (TPSA) is 76.0 Å². The molecule has 0 aromatic heterocycles. The summed E-state index contributed by atoms with van der Waals surface area (Å²) in [6, 6.07) is 4.12. The third kappa shape index (κ3) is 3.57. The van der Waals surface area contributed by atoms with Gasteiger partial charge in [-0.25, -0.2) is 4.79 Å². The maximum absolute atomic E-state index is 11.1. The molecule has 5 nitrogen and oxygen atoms in total. The van der Waals surface area contributed by atoms with E-state index in [0.717, 1.165) is 0 Å². The van der Waals surface area contributed by atoms with Crippen molar-refractivity contribution in [1.82, 2.24) is 0 Å². The molecule has 0 saturated carbocycles. The molecule has 1 heterocycles. The predicted octanol–water partition coefficient (Wildman–Crippen LogP) is 3.04. The van der Waals surface area contributed by atoms with E-state index in [1.807, 2.05) is 27.7 Å². The van der Waals surface area contributed by atoms with Gasteiger partial charge in [-0.1, -0.05) is 6.08 Å². The normalized spacial score (nSPS) is 19.9. The van der Waals surface area contributed by atoms with E-state index in [-0.39, 0.29) is 11.3 Å². The predicted molar refractivity (Wildman–Crippen MR) is 93.0 cm³/mol. The van der Waals surface area contributed by atoms with Crippen molar-refractivity contribution < 1.29 is 24.3 Å². The Kier molecular flexibility index (Phi) is 4.85. The standard InChI is InChI=1S/C16H21BO5S/c1-15(2)16(3,4)22-17(21-15)12(9-23)8-11-7-10(14(19)20)5-6-13(11)18/h5-8,18,23H,9H2,1-4H3,(H,19,20). The van der Waals surface area contributed by atoms with Gasteiger partial charge in [-0.2, -0.15) is 12.6 Å². The third-order valence-corrected chi connectivity index (χ3v) is 4.72. The number of aromatic hydroxyl groups is 1. The second kappa shape index (κ2) is 6.22. The zero-order valence-corrected chi connectivity index (χ0v) is 14.6. The number of hydrogen-bond acceptors (Lipinski definition) is 5. The van der Waals surface area contributed by atoms with Crippen LogP contribution in [-0.4, -0.2) is 40.3 Å². The molecule has 2 N–H and O–H groups in total. The lowest BCUT2D eigenvalue weighted by Gasteiger charge is -2.32. The second-order valence-electron chi connectivity index (χ2n) is 6.54. The van der Waals surface area contributed by atoms with Crippen molar-refractivity contribution in [3.63, 3.8) is 0 Å². The van der Waals surface area contributed by atoms with Crippen LogP contribution in [0.3, 0.4) is 0 Å². The Labute approximate surface area is 141 Å². The lowest BCUT2D eigenvalue weighted by atomic mass is 9.78. The molecule has 0 aliphatic carbocycles. The highest BCUT2D eigenvalue weighted by Gasteiger charge is 2.52. The average molecular weight is 336 g/mol. The molecular formula is C16H21BO5S. The number of carboxylic acids is 1. The van der Waals surface area contributed by atoms with Crippen molar-refractivity contribution in [1.29, 1.82) is 0 Å². The minimum atomic E-state index is -1.05. The number of benzene rings is 1. The number of carboxylic acid groups (broad SMARTS) is 1. The van der Waals surface area contributed by atoms with Crippen LogP contribution in [0.2, 0.25) is 0 Å². The van der Waals surface area contributed by atoms with Gasteiger partial charge in [0.2, 0.25) is 0 Å². The molecule has 0 amide bonds. The van der Waals surface area contributed by atoms with E-state index in [1.165, 1.54) is 18.2 Å². The van der Waals surface area contributed by atoms with Gasteiger partial charge in [0.1, 0.15) is 5.75 Å². The fourth-order valence-electron chi connectivity index (χ4n) is 2.19. The molecule has 1 aliphatic heterocycles. The number of hydrogen-bond donors (Lipinski definition) is 3. The Balaban J connectivity index is 2.37. The molecule has 7 heteroatoms. The van der Waals surface area contributed by atoms with Crippen LogP contribution >= 0.6 is 12.6 Å². The molecule has 1 aromatic carbocycles. The number of phenolic OH excluding ortho intramolecular Hbond substituents is 1. The second-order valence-corrected chi connectivity index (χ2v) is 6.86. The van der Waals surface area contributed by atoms with E-state index in [9.17, 15) is 9.90 Å². The van der Waals surface area contributed by atoms with E-state index in [1.54, 1.807) is 6.08 Å². The molecule has 0 radical (unpaired) electrons. The van der Waals surface area contributed by atoms with Crippen molar-refractivity contribution in [3.8, 4) is 5.75 Å². The van der Waals surface area contributed by atoms with E-state index in [4.69, 9.17) is 14.4 Å². The average Bonchev–Trinajstić information content (AvgIpc) is 2.66. The summed E-state index contributed by atoms with van der Waals surface area (Å²) in [5, 5.41) is 19.0. The van der Waals surface area contributed by atoms with Crippen LogP contribution in [0.5, 0.6) is 5.75 Å². The SMILES string of the molecule is CC1(C)OB(C(=Cc2cc(C(=O)O)ccc2O)CS)OC1(C)C. The summed E-state index contributed by atoms with van der Waals surface area (Å²) in [5.74, 6) is -0.707. The number of thiol groups is 1. The Bertz CT molecular complexity index is 638. The summed E-state index contributed by atoms with van der Waals surface area (Å²) >= 11 is 4.31. The van der Waals surface area contributed by atoms with Crippen LogP contribution in [-0.2, 0) is 9.31 Å². The molecule has 1 saturated heterocycles. The Morgan fingerprint density at radius 2 is 1.83 bits per heavy atom. The smallest absolute Gasteiger partial charge is 0.491 e. The molecule has 0 bridgehead atoms. The summed E-state index contributed by atoms with van der Waals surface area (Å²) in [5.41, 5.74) is 0.241. The fourth-order valence-corrected chi connectivity index (χ4v) is 2.43. The molecule has 0 unspecified atom stereocenters. The van der Waals surface area contributed by atoms with Gasteiger partial charge in [0.05, 0.1) is 16.8 Å². The summed E-state index contributed by atoms with van der Waals surface area (Å²) in [6.45, 7) is 7.80. The van der Waals surface area contributed by atoms with Crippen LogP contribution in [0.25, 0.3) is 6.08 Å². The molecule has 2 rings (SSSR count). The number of phenols is 1. The zero-order chi connectivity index (χ0) is 17.4. The molecule has 124 valence electrons. The lowest BCUT2D eigenvalue weighted by Crippen LogP contribution is -2.41. The van der Waals surface area contributed by atoms with Crippen LogP contribution < -0.4 is 0 Å². The highest BCUT2D eigenvalue weighted by atomic mass is 32.1. The molecule has 23 heavy (non-hydrogen) atoms. The van der Waals surface area contributed by atoms with Gasteiger partial charge in [-0.05, 0) is 51.4 Å². The van der Waals surface area contributed by atoms with Crippen LogP contribution in [0.15, 0.2) is 23.7 Å². The number of aromatic carboxylic acids is 1. The number of rotatable bonds is 4. The largest absolute Gasteiger partial charge is 0.507 e. The summed E-state index contributed by atoms with van der Waals surface area (Å²) < 4.78 is 11.9. The summed E-state index contributed by atoms with van der Waals surface area (Å²) in [6.07, 6.45) is 1.66. The van der Waals surface area contributed by atoms with Crippen molar-refractivity contribution in [3.05, 3.63) is 34.8 Å². The molecule has 1 fully saturated rings. The Morgan fingerprint density at radius 1 is 1.26 bits per heavy atom. The maximum atomic E-state index is 11.1. The van der Waals surface area contributed by atoms with E-state index in [0.29, 0.717) is 16.8 Å². The molecule has 0 atom stereocenters. The van der Waals surface area contributed by atoms with E-state index in [2.05, 4.69) is 12.6 Å². The van der Waals surface area contributed by atoms with Crippen molar-refractivity contribution in [2.75, 3.05) is 5.75 Å². The first kappa shape index (κ1) is 17.9. The van der Waals surface area contributed by atoms with Gasteiger partial charge in [-0.3, -0.25) is 0 Å². The first-order valence-electron chi connectivity index (χ1n) is 7.30. The van der Waals surface area contributed by atoms with Gasteiger partial charge in [-0.15, -0.1) is 0 Å². The van der Waals surface area contributed by atoms with Gasteiger partial charge in [0, 0.05) is 11.3 Å². The summed E-state index contributed by atoms with van der Waals surface area (Å²) in [4.78, 5) is 11.1. The zero-order valence-electron chi connectivity index (χ0n) is 13.7. The van der Waals surface area contributed by atoms with Crippen molar-refractivity contribution in [2.45, 2.75) is 38.9 Å². The Hall–Kier alpha value is -1.44. The van der Waals surface area contributed by atoms with Crippen LogP contribution in [0.1, 0.15) is 43.6 Å². The van der Waals surface area contributed by atoms with Gasteiger partial charge in [0.25, 0.3) is 0 Å². The Morgan fingerprint density at radius 3 is 2.30 bits per heavy atom. The van der Waals surface area contributed by atoms with Crippen LogP contribution in [0.4, 0.5) is 0 Å². The fraction of sp³-hybridized carbons (Fsp3) is 0.438. The first-order chi connectivity index (χ1) is 10.6. The first-order valence-corrected chi connectivity index (χ1v) is 7.94. The van der Waals surface area contributed by atoms with Gasteiger partial charge < -0.3 is 19.5 Å². The van der Waals surface area contributed by atoms with Crippen LogP contribution in [0, 0.1) is 0 Å². The van der Waals surface area contributed by atoms with E-state index < -0.39 is 24.3 Å². The molecule has 0 spiro atoms. The highest BCUT2D eigenvalue weighted by Crippen LogP contribution is 2.39. The highest BCUT2D eigenvalue weighted by molar-refractivity contribution is 7.80. The lowest BCUT2D eigenvalue weighted by molar-refractivity contribution is 0.00578. The monoisotopic (exact) mass is 336 g/mol. The maximum Gasteiger partial charge on any atom is 0.491 e. The number of carbonyl (C=O) groups is 1. The minimum Gasteiger partial charge on any atom is -0.507 e. The van der Waals surface area contributed by atoms with Crippen molar-refractivity contribution in [2.24, 2.45) is 0 Å². The molecule has 1 aliphatic rings. The quantitative estimate of drug-likeness (QED) is 0.582.